The molecular weight excluding hydrogens is 265 g/mol. The summed E-state index contributed by atoms with van der Waals surface area (Å²) < 4.78 is 39.1. The number of hydrogen-bond donors (Lipinski definition) is 1. The minimum absolute atomic E-state index is 0.110. The summed E-state index contributed by atoms with van der Waals surface area (Å²) in [6.45, 7) is 5.12. The monoisotopic (exact) mass is 284 g/mol. The molecule has 2 rings (SSSR count). The molecule has 0 radical (unpaired) electrons. The van der Waals surface area contributed by atoms with Crippen molar-refractivity contribution in [3.63, 3.8) is 0 Å². The third kappa shape index (κ3) is 2.62. The molecule has 20 heavy (non-hydrogen) atoms. The lowest BCUT2D eigenvalue weighted by molar-refractivity contribution is -0.244. The molecule has 0 aromatic heterocycles. The molecular formula is C16H19F3O. The highest BCUT2D eigenvalue weighted by Crippen LogP contribution is 2.45. The van der Waals surface area contributed by atoms with Gasteiger partial charge < -0.3 is 5.11 Å². The molecule has 0 heterocycles. The van der Waals surface area contributed by atoms with Crippen molar-refractivity contribution in [2.24, 2.45) is 5.92 Å². The van der Waals surface area contributed by atoms with Gasteiger partial charge in [-0.2, -0.15) is 13.2 Å². The Balaban J connectivity index is 2.35. The Morgan fingerprint density at radius 1 is 1.35 bits per heavy atom. The largest absolute Gasteiger partial charge is 0.420 e. The average molecular weight is 284 g/mol. The number of fused-ring (bicyclic) bond motifs is 1. The number of halogens is 3. The van der Waals surface area contributed by atoms with Gasteiger partial charge in [-0.3, -0.25) is 0 Å². The van der Waals surface area contributed by atoms with Gasteiger partial charge in [0.15, 0.2) is 5.60 Å². The van der Waals surface area contributed by atoms with Crippen LogP contribution in [0.5, 0.6) is 0 Å². The smallest absolute Gasteiger partial charge is 0.377 e. The first-order valence-corrected chi connectivity index (χ1v) is 6.79. The number of aliphatic hydroxyl groups is 1. The topological polar surface area (TPSA) is 20.2 Å². The Bertz CT molecular complexity index is 495. The fourth-order valence-electron chi connectivity index (χ4n) is 2.98. The number of hydrogen-bond acceptors (Lipinski definition) is 1. The van der Waals surface area contributed by atoms with Crippen LogP contribution < -0.4 is 0 Å². The molecule has 3 atom stereocenters. The molecule has 0 saturated carbocycles. The van der Waals surface area contributed by atoms with Crippen LogP contribution in [0, 0.1) is 5.92 Å². The minimum Gasteiger partial charge on any atom is -0.377 e. The van der Waals surface area contributed by atoms with Crippen molar-refractivity contribution in [3.8, 4) is 0 Å². The molecule has 4 heteroatoms. The molecule has 1 nitrogen and oxygen atoms in total. The van der Waals surface area contributed by atoms with Crippen molar-refractivity contribution in [2.75, 3.05) is 0 Å². The first-order chi connectivity index (χ1) is 9.28. The van der Waals surface area contributed by atoms with E-state index in [1.807, 2.05) is 31.2 Å². The molecule has 1 aliphatic carbocycles. The van der Waals surface area contributed by atoms with Crippen molar-refractivity contribution in [3.05, 3.63) is 48.0 Å². The summed E-state index contributed by atoms with van der Waals surface area (Å²) in [7, 11) is 0. The number of benzene rings is 1. The molecule has 0 saturated heterocycles. The van der Waals surface area contributed by atoms with E-state index < -0.39 is 11.8 Å². The highest BCUT2D eigenvalue weighted by Gasteiger charge is 2.53. The molecule has 1 aromatic carbocycles. The summed E-state index contributed by atoms with van der Waals surface area (Å²) in [5, 5.41) is 9.91. The van der Waals surface area contributed by atoms with E-state index in [0.29, 0.717) is 6.08 Å². The summed E-state index contributed by atoms with van der Waals surface area (Å²) in [4.78, 5) is 0. The third-order valence-corrected chi connectivity index (χ3v) is 4.37. The minimum atomic E-state index is -4.69. The molecule has 0 fully saturated rings. The summed E-state index contributed by atoms with van der Waals surface area (Å²) in [5.41, 5.74) is -0.809. The average Bonchev–Trinajstić information content (AvgIpc) is 2.40. The first kappa shape index (κ1) is 15.1. The van der Waals surface area contributed by atoms with Crippen molar-refractivity contribution in [1.82, 2.24) is 0 Å². The van der Waals surface area contributed by atoms with Gasteiger partial charge in [-0.25, -0.2) is 0 Å². The van der Waals surface area contributed by atoms with E-state index in [1.54, 1.807) is 0 Å². The zero-order valence-electron chi connectivity index (χ0n) is 11.5. The molecule has 1 aromatic rings. The van der Waals surface area contributed by atoms with Crippen LogP contribution in [0.15, 0.2) is 36.9 Å². The zero-order valence-corrected chi connectivity index (χ0v) is 11.5. The molecule has 1 N–H and O–H groups in total. The van der Waals surface area contributed by atoms with E-state index in [0.717, 1.165) is 24.0 Å². The standard InChI is InChI=1S/C16H19F3O/c1-3-15(20,16(17,18)19)10-14-11(2)8-9-12-6-4-5-7-13(12)14/h3-7,11,14,20H,1,8-10H2,2H3. The van der Waals surface area contributed by atoms with Gasteiger partial charge in [0, 0.05) is 0 Å². The summed E-state index contributed by atoms with van der Waals surface area (Å²) in [6, 6.07) is 7.56. The molecule has 0 bridgehead atoms. The molecule has 1 aliphatic rings. The van der Waals surface area contributed by atoms with Gasteiger partial charge >= 0.3 is 6.18 Å². The van der Waals surface area contributed by atoms with Gasteiger partial charge in [-0.15, -0.1) is 0 Å². The zero-order chi connectivity index (χ0) is 15.0. The lowest BCUT2D eigenvalue weighted by Gasteiger charge is -2.37. The highest BCUT2D eigenvalue weighted by atomic mass is 19.4. The number of rotatable bonds is 3. The highest BCUT2D eigenvalue weighted by molar-refractivity contribution is 5.34. The van der Waals surface area contributed by atoms with Gasteiger partial charge in [-0.05, 0) is 42.2 Å². The molecule has 0 aliphatic heterocycles. The molecule has 110 valence electrons. The van der Waals surface area contributed by atoms with Crippen LogP contribution in [0.1, 0.15) is 36.8 Å². The summed E-state index contributed by atoms with van der Waals surface area (Å²) in [6.07, 6.45) is -2.71. The van der Waals surface area contributed by atoms with Crippen LogP contribution >= 0.6 is 0 Å². The Morgan fingerprint density at radius 3 is 2.60 bits per heavy atom. The SMILES string of the molecule is C=CC(O)(CC1c2ccccc2CCC1C)C(F)(F)F. The molecule has 0 spiro atoms. The second kappa shape index (κ2) is 5.24. The lowest BCUT2D eigenvalue weighted by Crippen LogP contribution is -2.45. The normalized spacial score (nSPS) is 25.6. The van der Waals surface area contributed by atoms with E-state index in [1.165, 1.54) is 0 Å². The predicted molar refractivity (Wildman–Crippen MR) is 72.5 cm³/mol. The van der Waals surface area contributed by atoms with Crippen LogP contribution in [0.4, 0.5) is 13.2 Å². The van der Waals surface area contributed by atoms with Crippen molar-refractivity contribution < 1.29 is 18.3 Å². The summed E-state index contributed by atoms with van der Waals surface area (Å²) >= 11 is 0. The third-order valence-electron chi connectivity index (χ3n) is 4.37. The van der Waals surface area contributed by atoms with Crippen molar-refractivity contribution in [2.45, 2.75) is 43.9 Å². The Hall–Kier alpha value is -1.29. The quantitative estimate of drug-likeness (QED) is 0.824. The Morgan fingerprint density at radius 2 is 2.00 bits per heavy atom. The second-order valence-electron chi connectivity index (χ2n) is 5.65. The summed E-state index contributed by atoms with van der Waals surface area (Å²) in [5.74, 6) is -0.191. The maximum atomic E-state index is 13.0. The number of alkyl halides is 3. The van der Waals surface area contributed by atoms with Crippen LogP contribution in [0.2, 0.25) is 0 Å². The first-order valence-electron chi connectivity index (χ1n) is 6.79. The predicted octanol–water partition coefficient (Wildman–Crippen LogP) is 4.22. The van der Waals surface area contributed by atoms with Gasteiger partial charge in [0.1, 0.15) is 0 Å². The van der Waals surface area contributed by atoms with Gasteiger partial charge in [0.05, 0.1) is 0 Å². The van der Waals surface area contributed by atoms with Gasteiger partial charge in [-0.1, -0.05) is 43.8 Å². The Labute approximate surface area is 117 Å². The van der Waals surface area contributed by atoms with Crippen molar-refractivity contribution in [1.29, 1.82) is 0 Å². The number of aryl methyl sites for hydroxylation is 1. The van der Waals surface area contributed by atoms with E-state index in [9.17, 15) is 18.3 Å². The maximum Gasteiger partial charge on any atom is 0.420 e. The van der Waals surface area contributed by atoms with Crippen LogP contribution in [-0.4, -0.2) is 16.9 Å². The Kier molecular flexibility index (Phi) is 3.96. The maximum absolute atomic E-state index is 13.0. The van der Waals surface area contributed by atoms with Crippen molar-refractivity contribution >= 4 is 0 Å². The lowest BCUT2D eigenvalue weighted by atomic mass is 9.71. The van der Waals surface area contributed by atoms with Gasteiger partial charge in [0.2, 0.25) is 0 Å². The van der Waals surface area contributed by atoms with Crippen LogP contribution in [0.25, 0.3) is 0 Å². The van der Waals surface area contributed by atoms with E-state index in [4.69, 9.17) is 0 Å². The molecule has 0 amide bonds. The molecule has 3 unspecified atom stereocenters. The fraction of sp³-hybridized carbons (Fsp3) is 0.500. The van der Waals surface area contributed by atoms with Crippen LogP contribution in [0.3, 0.4) is 0 Å². The fourth-order valence-corrected chi connectivity index (χ4v) is 2.98. The van der Waals surface area contributed by atoms with E-state index >= 15 is 0 Å². The van der Waals surface area contributed by atoms with E-state index in [2.05, 4.69) is 6.58 Å². The second-order valence-corrected chi connectivity index (χ2v) is 5.65. The van der Waals surface area contributed by atoms with E-state index in [-0.39, 0.29) is 18.3 Å². The van der Waals surface area contributed by atoms with Gasteiger partial charge in [0.25, 0.3) is 0 Å². The van der Waals surface area contributed by atoms with Crippen LogP contribution in [-0.2, 0) is 6.42 Å².